The van der Waals surface area contributed by atoms with Crippen LogP contribution in [0.3, 0.4) is 0 Å². The van der Waals surface area contributed by atoms with E-state index in [0.29, 0.717) is 5.69 Å². The van der Waals surface area contributed by atoms with Gasteiger partial charge in [0.25, 0.3) is 5.91 Å². The smallest absolute Gasteiger partial charge is 0.328 e. The van der Waals surface area contributed by atoms with Gasteiger partial charge < -0.3 is 20.1 Å². The van der Waals surface area contributed by atoms with Gasteiger partial charge in [-0.1, -0.05) is 0 Å². The molecule has 0 fully saturated rings. The molecule has 0 saturated carbocycles. The third kappa shape index (κ3) is 3.33. The number of aliphatic hydroxyl groups excluding tert-OH is 1. The van der Waals surface area contributed by atoms with Gasteiger partial charge in [-0.25, -0.2) is 4.79 Å². The minimum atomic E-state index is -1.30. The SMILES string of the molecule is CC(C)n1cc(Br)cc1C(=O)N[C@@H](CO)C(=O)O. The van der Waals surface area contributed by atoms with Gasteiger partial charge in [-0.3, -0.25) is 4.79 Å². The number of carbonyl (C=O) groups excluding carboxylic acids is 1. The summed E-state index contributed by atoms with van der Waals surface area (Å²) in [5, 5.41) is 19.9. The number of hydrogen-bond acceptors (Lipinski definition) is 3. The van der Waals surface area contributed by atoms with E-state index in [0.717, 1.165) is 4.47 Å². The second-order valence-electron chi connectivity index (χ2n) is 4.09. The fourth-order valence-electron chi connectivity index (χ4n) is 1.47. The quantitative estimate of drug-likeness (QED) is 0.755. The second-order valence-corrected chi connectivity index (χ2v) is 5.01. The fraction of sp³-hybridized carbons (Fsp3) is 0.455. The van der Waals surface area contributed by atoms with E-state index in [2.05, 4.69) is 21.2 Å². The largest absolute Gasteiger partial charge is 0.480 e. The molecule has 0 saturated heterocycles. The van der Waals surface area contributed by atoms with Crippen LogP contribution in [-0.4, -0.2) is 39.3 Å². The number of carboxylic acids is 1. The molecule has 1 atom stereocenters. The van der Waals surface area contributed by atoms with Crippen LogP contribution in [0.25, 0.3) is 0 Å². The number of aliphatic hydroxyl groups is 1. The summed E-state index contributed by atoms with van der Waals surface area (Å²) in [6.07, 6.45) is 1.74. The Morgan fingerprint density at radius 3 is 2.56 bits per heavy atom. The predicted octanol–water partition coefficient (Wildman–Crippen LogP) is 1.01. The average Bonchev–Trinajstić information content (AvgIpc) is 2.67. The highest BCUT2D eigenvalue weighted by atomic mass is 79.9. The summed E-state index contributed by atoms with van der Waals surface area (Å²) < 4.78 is 2.45. The lowest BCUT2D eigenvalue weighted by molar-refractivity contribution is -0.140. The third-order valence-electron chi connectivity index (χ3n) is 2.39. The van der Waals surface area contributed by atoms with Gasteiger partial charge in [-0.05, 0) is 35.8 Å². The van der Waals surface area contributed by atoms with Gasteiger partial charge >= 0.3 is 5.97 Å². The molecule has 100 valence electrons. The zero-order valence-corrected chi connectivity index (χ0v) is 11.6. The fourth-order valence-corrected chi connectivity index (χ4v) is 1.91. The molecule has 6 nitrogen and oxygen atoms in total. The van der Waals surface area contributed by atoms with Crippen LogP contribution in [0.2, 0.25) is 0 Å². The van der Waals surface area contributed by atoms with Crippen LogP contribution in [0.4, 0.5) is 0 Å². The highest BCUT2D eigenvalue weighted by molar-refractivity contribution is 9.10. The topological polar surface area (TPSA) is 91.6 Å². The van der Waals surface area contributed by atoms with Gasteiger partial charge in [-0.15, -0.1) is 0 Å². The number of carboxylic acid groups (broad SMARTS) is 1. The van der Waals surface area contributed by atoms with Crippen molar-refractivity contribution < 1.29 is 19.8 Å². The highest BCUT2D eigenvalue weighted by Gasteiger charge is 2.22. The Labute approximate surface area is 113 Å². The lowest BCUT2D eigenvalue weighted by atomic mass is 10.3. The first-order chi connectivity index (χ1) is 8.36. The van der Waals surface area contributed by atoms with Crippen LogP contribution in [0.5, 0.6) is 0 Å². The molecule has 0 spiro atoms. The Hall–Kier alpha value is -1.34. The number of nitrogens with zero attached hydrogens (tertiary/aromatic N) is 1. The maximum atomic E-state index is 11.9. The molecule has 18 heavy (non-hydrogen) atoms. The van der Waals surface area contributed by atoms with E-state index in [1.807, 2.05) is 13.8 Å². The molecular weight excluding hydrogens is 304 g/mol. The molecule has 0 aliphatic heterocycles. The second kappa shape index (κ2) is 6.01. The zero-order chi connectivity index (χ0) is 13.9. The van der Waals surface area contributed by atoms with E-state index in [-0.39, 0.29) is 6.04 Å². The first-order valence-electron chi connectivity index (χ1n) is 5.38. The number of aliphatic carboxylic acids is 1. The Morgan fingerprint density at radius 2 is 2.11 bits per heavy atom. The van der Waals surface area contributed by atoms with Crippen molar-refractivity contribution in [2.45, 2.75) is 25.9 Å². The van der Waals surface area contributed by atoms with Crippen molar-refractivity contribution in [3.63, 3.8) is 0 Å². The summed E-state index contributed by atoms with van der Waals surface area (Å²) in [5.74, 6) is -1.80. The van der Waals surface area contributed by atoms with Crippen molar-refractivity contribution in [1.82, 2.24) is 9.88 Å². The number of nitrogens with one attached hydrogen (secondary N) is 1. The Kier molecular flexibility index (Phi) is 4.92. The summed E-state index contributed by atoms with van der Waals surface area (Å²) in [6, 6.07) is 0.368. The standard InChI is InChI=1S/C11H15BrN2O4/c1-6(2)14-4-7(12)3-9(14)10(16)13-8(5-15)11(17)18/h3-4,6,8,15H,5H2,1-2H3,(H,13,16)(H,17,18)/t8-/m0/s1. The van der Waals surface area contributed by atoms with Crippen LogP contribution >= 0.6 is 15.9 Å². The van der Waals surface area contributed by atoms with E-state index in [1.54, 1.807) is 16.8 Å². The Bertz CT molecular complexity index is 456. The summed E-state index contributed by atoms with van der Waals surface area (Å²) in [5.41, 5.74) is 0.344. The van der Waals surface area contributed by atoms with Gasteiger partial charge in [0.05, 0.1) is 6.61 Å². The number of rotatable bonds is 5. The average molecular weight is 319 g/mol. The van der Waals surface area contributed by atoms with Crippen LogP contribution in [0, 0.1) is 0 Å². The number of halogens is 1. The summed E-state index contributed by atoms with van der Waals surface area (Å²) in [7, 11) is 0. The number of aromatic nitrogens is 1. The first-order valence-corrected chi connectivity index (χ1v) is 6.18. The van der Waals surface area contributed by atoms with Gasteiger partial charge in [0, 0.05) is 16.7 Å². The number of hydrogen-bond donors (Lipinski definition) is 3. The third-order valence-corrected chi connectivity index (χ3v) is 2.82. The van der Waals surface area contributed by atoms with Crippen molar-refractivity contribution in [2.75, 3.05) is 6.61 Å². The number of amides is 1. The van der Waals surface area contributed by atoms with Crippen molar-refractivity contribution in [3.8, 4) is 0 Å². The minimum absolute atomic E-state index is 0.0643. The maximum Gasteiger partial charge on any atom is 0.328 e. The molecule has 1 aromatic heterocycles. The monoisotopic (exact) mass is 318 g/mol. The van der Waals surface area contributed by atoms with Crippen LogP contribution < -0.4 is 5.32 Å². The van der Waals surface area contributed by atoms with Crippen molar-refractivity contribution in [3.05, 3.63) is 22.4 Å². The molecule has 1 amide bonds. The molecule has 3 N–H and O–H groups in total. The summed E-state index contributed by atoms with van der Waals surface area (Å²) in [6.45, 7) is 3.17. The van der Waals surface area contributed by atoms with Crippen molar-refractivity contribution in [1.29, 1.82) is 0 Å². The van der Waals surface area contributed by atoms with Crippen LogP contribution in [0.15, 0.2) is 16.7 Å². The van der Waals surface area contributed by atoms with Gasteiger partial charge in [0.2, 0.25) is 0 Å². The van der Waals surface area contributed by atoms with Crippen molar-refractivity contribution >= 4 is 27.8 Å². The van der Waals surface area contributed by atoms with E-state index in [1.165, 1.54) is 0 Å². The highest BCUT2D eigenvalue weighted by Crippen LogP contribution is 2.19. The Morgan fingerprint density at radius 1 is 1.50 bits per heavy atom. The minimum Gasteiger partial charge on any atom is -0.480 e. The molecule has 0 aliphatic carbocycles. The lowest BCUT2D eigenvalue weighted by Gasteiger charge is -2.15. The summed E-state index contributed by atoms with van der Waals surface area (Å²) >= 11 is 3.27. The molecule has 7 heteroatoms. The lowest BCUT2D eigenvalue weighted by Crippen LogP contribution is -2.43. The zero-order valence-electron chi connectivity index (χ0n) is 10.1. The molecule has 0 bridgehead atoms. The molecule has 0 unspecified atom stereocenters. The molecule has 1 aromatic rings. The van der Waals surface area contributed by atoms with Gasteiger partial charge in [-0.2, -0.15) is 0 Å². The van der Waals surface area contributed by atoms with Gasteiger partial charge in [0.15, 0.2) is 6.04 Å². The van der Waals surface area contributed by atoms with E-state index < -0.39 is 24.5 Å². The number of carbonyl (C=O) groups is 2. The summed E-state index contributed by atoms with van der Waals surface area (Å²) in [4.78, 5) is 22.7. The van der Waals surface area contributed by atoms with E-state index in [9.17, 15) is 9.59 Å². The molecule has 1 heterocycles. The molecule has 0 aliphatic rings. The normalized spacial score (nSPS) is 12.5. The van der Waals surface area contributed by atoms with Crippen molar-refractivity contribution in [2.24, 2.45) is 0 Å². The molecular formula is C11H15BrN2O4. The van der Waals surface area contributed by atoms with Gasteiger partial charge in [0.1, 0.15) is 5.69 Å². The van der Waals surface area contributed by atoms with Crippen LogP contribution in [0.1, 0.15) is 30.4 Å². The van der Waals surface area contributed by atoms with E-state index in [4.69, 9.17) is 10.2 Å². The predicted molar refractivity (Wildman–Crippen MR) is 68.5 cm³/mol. The molecule has 1 rings (SSSR count). The first kappa shape index (κ1) is 14.7. The molecule has 0 aromatic carbocycles. The van der Waals surface area contributed by atoms with E-state index >= 15 is 0 Å². The Balaban J connectivity index is 2.93. The molecule has 0 radical (unpaired) electrons. The van der Waals surface area contributed by atoms with Crippen LogP contribution in [-0.2, 0) is 4.79 Å². The maximum absolute atomic E-state index is 11.9.